The number of fused-ring (bicyclic) bond motifs is 1. The van der Waals surface area contributed by atoms with Gasteiger partial charge in [-0.1, -0.05) is 6.42 Å². The molecule has 4 heterocycles. The van der Waals surface area contributed by atoms with Crippen LogP contribution < -0.4 is 20.9 Å². The molecule has 4 N–H and O–H groups in total. The number of likely N-dealkylation sites (tertiary alicyclic amines) is 1. The summed E-state index contributed by atoms with van der Waals surface area (Å²) in [7, 11) is -1.39. The standard InChI is InChI=1S/C21H38N8O2S/c1-21(12-22)13-28(14-21)16-6-7-23-19(8-16)29-11-17(10-25-29)32(30,31)26-18-5-3-4-15-9-24-27(2)20(15)18/h15-20,23-26H,3-11,13-14H2,1-2H3. The Kier molecular flexibility index (Phi) is 6.26. The van der Waals surface area contributed by atoms with Gasteiger partial charge in [0.2, 0.25) is 10.0 Å². The molecule has 4 saturated heterocycles. The van der Waals surface area contributed by atoms with Crippen LogP contribution in [-0.2, 0) is 10.0 Å². The summed E-state index contributed by atoms with van der Waals surface area (Å²) in [6.45, 7) is 6.49. The molecule has 6 unspecified atom stereocenters. The molecule has 0 radical (unpaired) electrons. The molecule has 0 aromatic heterocycles. The zero-order chi connectivity index (χ0) is 22.5. The zero-order valence-corrected chi connectivity index (χ0v) is 20.1. The van der Waals surface area contributed by atoms with Crippen molar-refractivity contribution in [1.29, 1.82) is 5.26 Å². The summed E-state index contributed by atoms with van der Waals surface area (Å²) in [5.41, 5.74) is 6.52. The summed E-state index contributed by atoms with van der Waals surface area (Å²) in [5, 5.41) is 16.6. The van der Waals surface area contributed by atoms with Crippen LogP contribution in [0.1, 0.15) is 39.0 Å². The van der Waals surface area contributed by atoms with Crippen LogP contribution in [0.4, 0.5) is 0 Å². The third kappa shape index (κ3) is 4.32. The van der Waals surface area contributed by atoms with E-state index in [4.69, 9.17) is 0 Å². The van der Waals surface area contributed by atoms with E-state index in [9.17, 15) is 13.7 Å². The largest absolute Gasteiger partial charge is 0.301 e. The molecule has 1 aliphatic carbocycles. The lowest BCUT2D eigenvalue weighted by Gasteiger charge is -2.50. The maximum absolute atomic E-state index is 13.3. The Morgan fingerprint density at radius 3 is 2.75 bits per heavy atom. The number of hydrogen-bond donors (Lipinski definition) is 4. The minimum absolute atomic E-state index is 0.0224. The number of nitriles is 1. The second kappa shape index (κ2) is 8.74. The highest BCUT2D eigenvalue weighted by molar-refractivity contribution is 7.90. The quantitative estimate of drug-likeness (QED) is 0.405. The average molecular weight is 467 g/mol. The van der Waals surface area contributed by atoms with Gasteiger partial charge in [-0.15, -0.1) is 0 Å². The van der Waals surface area contributed by atoms with Gasteiger partial charge in [-0.05, 0) is 45.1 Å². The van der Waals surface area contributed by atoms with Gasteiger partial charge in [-0.3, -0.25) is 15.8 Å². The van der Waals surface area contributed by atoms with E-state index in [-0.39, 0.29) is 23.7 Å². The van der Waals surface area contributed by atoms with Crippen LogP contribution in [0, 0.1) is 22.7 Å². The molecule has 0 spiro atoms. The molecule has 5 aliphatic rings. The molecule has 10 nitrogen and oxygen atoms in total. The molecule has 0 bridgehead atoms. The lowest BCUT2D eigenvalue weighted by atomic mass is 9.81. The summed E-state index contributed by atoms with van der Waals surface area (Å²) in [4.78, 5) is 2.41. The molecule has 1 saturated carbocycles. The summed E-state index contributed by atoms with van der Waals surface area (Å²) in [6, 6.07) is 3.09. The number of sulfonamides is 1. The lowest BCUT2D eigenvalue weighted by Crippen LogP contribution is -2.63. The van der Waals surface area contributed by atoms with E-state index in [0.29, 0.717) is 25.0 Å². The maximum Gasteiger partial charge on any atom is 0.217 e. The van der Waals surface area contributed by atoms with E-state index >= 15 is 0 Å². The highest BCUT2D eigenvalue weighted by Crippen LogP contribution is 2.34. The number of likely N-dealkylation sites (N-methyl/N-ethyl adjacent to an activating group) is 1. The van der Waals surface area contributed by atoms with Gasteiger partial charge >= 0.3 is 0 Å². The summed E-state index contributed by atoms with van der Waals surface area (Å²) in [6.07, 6.45) is 5.27. The predicted molar refractivity (Wildman–Crippen MR) is 121 cm³/mol. The minimum atomic E-state index is -3.42. The first-order chi connectivity index (χ1) is 15.3. The van der Waals surface area contributed by atoms with Crippen molar-refractivity contribution in [3.05, 3.63) is 0 Å². The van der Waals surface area contributed by atoms with Crippen molar-refractivity contribution in [3.63, 3.8) is 0 Å². The van der Waals surface area contributed by atoms with Crippen molar-refractivity contribution in [3.8, 4) is 6.07 Å². The third-order valence-corrected chi connectivity index (χ3v) is 10.2. The van der Waals surface area contributed by atoms with Crippen LogP contribution in [0.25, 0.3) is 0 Å². The van der Waals surface area contributed by atoms with Gasteiger partial charge in [-0.25, -0.2) is 23.2 Å². The molecule has 0 aromatic rings. The Labute approximate surface area is 192 Å². The summed E-state index contributed by atoms with van der Waals surface area (Å²) < 4.78 is 29.7. The fourth-order valence-electron chi connectivity index (χ4n) is 6.52. The monoisotopic (exact) mass is 466 g/mol. The van der Waals surface area contributed by atoms with Crippen molar-refractivity contribution in [2.24, 2.45) is 11.3 Å². The van der Waals surface area contributed by atoms with E-state index in [1.807, 2.05) is 14.0 Å². The second-order valence-corrected chi connectivity index (χ2v) is 12.8. The number of piperidine rings is 1. The maximum atomic E-state index is 13.3. The normalized spacial score (nSPS) is 41.2. The molecule has 180 valence electrons. The Morgan fingerprint density at radius 2 is 1.97 bits per heavy atom. The Bertz CT molecular complexity index is 839. The van der Waals surface area contributed by atoms with E-state index in [1.54, 1.807) is 0 Å². The topological polar surface area (TPSA) is 116 Å². The van der Waals surface area contributed by atoms with Crippen LogP contribution in [0.2, 0.25) is 0 Å². The first-order valence-corrected chi connectivity index (χ1v) is 13.7. The van der Waals surface area contributed by atoms with Crippen LogP contribution in [0.15, 0.2) is 0 Å². The number of nitrogens with one attached hydrogen (secondary N) is 4. The SMILES string of the molecule is CN1NCC2CCCC(NS(=O)(=O)C3CNN(C4CC(N5CC(C)(C#N)C5)CCN4)C3)C21. The van der Waals surface area contributed by atoms with Gasteiger partial charge in [0.25, 0.3) is 0 Å². The Balaban J connectivity index is 1.16. The zero-order valence-electron chi connectivity index (χ0n) is 19.3. The van der Waals surface area contributed by atoms with Gasteiger partial charge in [-0.2, -0.15) is 5.26 Å². The molecular weight excluding hydrogens is 428 g/mol. The van der Waals surface area contributed by atoms with Crippen molar-refractivity contribution < 1.29 is 8.42 Å². The number of rotatable bonds is 5. The molecule has 5 fully saturated rings. The molecule has 5 rings (SSSR count). The molecule has 32 heavy (non-hydrogen) atoms. The fourth-order valence-corrected chi connectivity index (χ4v) is 8.04. The summed E-state index contributed by atoms with van der Waals surface area (Å²) in [5.74, 6) is 0.521. The van der Waals surface area contributed by atoms with Gasteiger partial charge in [0.1, 0.15) is 5.25 Å². The number of hydrogen-bond acceptors (Lipinski definition) is 9. The number of hydrazine groups is 2. The molecule has 0 aromatic carbocycles. The van der Waals surface area contributed by atoms with E-state index < -0.39 is 15.3 Å². The van der Waals surface area contributed by atoms with Crippen molar-refractivity contribution in [1.82, 2.24) is 35.8 Å². The van der Waals surface area contributed by atoms with Crippen LogP contribution in [0.3, 0.4) is 0 Å². The van der Waals surface area contributed by atoms with Crippen molar-refractivity contribution in [2.45, 2.75) is 68.6 Å². The smallest absolute Gasteiger partial charge is 0.217 e. The average Bonchev–Trinajstić information content (AvgIpc) is 3.40. The predicted octanol–water partition coefficient (Wildman–Crippen LogP) is -0.995. The summed E-state index contributed by atoms with van der Waals surface area (Å²) >= 11 is 0. The second-order valence-electron chi connectivity index (χ2n) is 10.8. The minimum Gasteiger partial charge on any atom is -0.301 e. The number of nitrogens with zero attached hydrogens (tertiary/aromatic N) is 4. The van der Waals surface area contributed by atoms with Gasteiger partial charge < -0.3 is 5.32 Å². The van der Waals surface area contributed by atoms with E-state index in [0.717, 1.165) is 58.3 Å². The fraction of sp³-hybridized carbons (Fsp3) is 0.952. The molecular formula is C21H38N8O2S. The molecule has 4 aliphatic heterocycles. The highest BCUT2D eigenvalue weighted by Gasteiger charge is 2.46. The third-order valence-electron chi connectivity index (χ3n) is 8.33. The molecule has 11 heteroatoms. The van der Waals surface area contributed by atoms with Crippen LogP contribution >= 0.6 is 0 Å². The van der Waals surface area contributed by atoms with Crippen LogP contribution in [0.5, 0.6) is 0 Å². The van der Waals surface area contributed by atoms with Crippen LogP contribution in [-0.4, -0.2) is 99.2 Å². The van der Waals surface area contributed by atoms with Crippen molar-refractivity contribution in [2.75, 3.05) is 46.3 Å². The van der Waals surface area contributed by atoms with E-state index in [1.165, 1.54) is 0 Å². The highest BCUT2D eigenvalue weighted by atomic mass is 32.2. The lowest BCUT2D eigenvalue weighted by molar-refractivity contribution is -0.0180. The Hall–Kier alpha value is -0.840. The van der Waals surface area contributed by atoms with Gasteiger partial charge in [0.15, 0.2) is 0 Å². The first kappa shape index (κ1) is 22.9. The van der Waals surface area contributed by atoms with Gasteiger partial charge in [0, 0.05) is 57.9 Å². The Morgan fingerprint density at radius 1 is 1.16 bits per heavy atom. The first-order valence-electron chi connectivity index (χ1n) is 12.1. The van der Waals surface area contributed by atoms with Crippen molar-refractivity contribution >= 4 is 10.0 Å². The molecule has 6 atom stereocenters. The molecule has 0 amide bonds. The van der Waals surface area contributed by atoms with E-state index in [2.05, 4.69) is 41.9 Å². The van der Waals surface area contributed by atoms with Gasteiger partial charge in [0.05, 0.1) is 17.6 Å².